The van der Waals surface area contributed by atoms with Crippen LogP contribution in [0.4, 0.5) is 0 Å². The van der Waals surface area contributed by atoms with E-state index in [0.29, 0.717) is 23.3 Å². The standard InChI is InChI=1S/C56H33N5OS/c1-4-17-34(18-5-1)52-57-49(51-50(58-52)39-23-10-15-30-47(39)63-51)37-31-32-42-41(33-37)38-24-16-25-40(48(38)56(42)43-26-11-13-28-45(43)62-46-29-14-12-27-44(46)56)55-60-53(35-19-6-2-7-20-35)59-54(61-55)36-21-8-3-9-22-36/h1-33H. The first-order valence-corrected chi connectivity index (χ1v) is 21.8. The van der Waals surface area contributed by atoms with Crippen molar-refractivity contribution in [3.63, 3.8) is 0 Å². The third-order valence-corrected chi connectivity index (χ3v) is 13.6. The number of hydrogen-bond donors (Lipinski definition) is 0. The topological polar surface area (TPSA) is 73.7 Å². The predicted octanol–water partition coefficient (Wildman–Crippen LogP) is 13.8. The smallest absolute Gasteiger partial charge is 0.164 e. The number of para-hydroxylation sites is 2. The number of aromatic nitrogens is 5. The summed E-state index contributed by atoms with van der Waals surface area (Å²) in [6, 6.07) is 69.5. The zero-order valence-corrected chi connectivity index (χ0v) is 34.4. The Bertz CT molecular complexity index is 3500. The Morgan fingerprint density at radius 2 is 0.921 bits per heavy atom. The van der Waals surface area contributed by atoms with Crippen molar-refractivity contribution in [3.8, 4) is 79.4 Å². The first-order chi connectivity index (χ1) is 31.2. The maximum Gasteiger partial charge on any atom is 0.164 e. The minimum Gasteiger partial charge on any atom is -0.457 e. The fourth-order valence-electron chi connectivity index (χ4n) is 9.73. The van der Waals surface area contributed by atoms with E-state index in [4.69, 9.17) is 29.7 Å². The van der Waals surface area contributed by atoms with E-state index >= 15 is 0 Å². The third-order valence-electron chi connectivity index (χ3n) is 12.4. The Kier molecular flexibility index (Phi) is 7.89. The van der Waals surface area contributed by atoms with Crippen molar-refractivity contribution in [1.82, 2.24) is 24.9 Å². The number of thiophene rings is 1. The predicted molar refractivity (Wildman–Crippen MR) is 253 cm³/mol. The zero-order valence-electron chi connectivity index (χ0n) is 33.6. The molecule has 4 heterocycles. The van der Waals surface area contributed by atoms with Crippen LogP contribution < -0.4 is 4.74 Å². The summed E-state index contributed by atoms with van der Waals surface area (Å²) in [5.41, 5.74) is 12.4. The minimum atomic E-state index is -0.786. The molecule has 1 aliphatic heterocycles. The van der Waals surface area contributed by atoms with Crippen molar-refractivity contribution in [1.29, 1.82) is 0 Å². The van der Waals surface area contributed by atoms with Crippen molar-refractivity contribution in [2.45, 2.75) is 5.41 Å². The first-order valence-electron chi connectivity index (χ1n) is 21.0. The van der Waals surface area contributed by atoms with Gasteiger partial charge in [-0.25, -0.2) is 24.9 Å². The van der Waals surface area contributed by atoms with Gasteiger partial charge in [0.15, 0.2) is 23.3 Å². The Morgan fingerprint density at radius 1 is 0.381 bits per heavy atom. The van der Waals surface area contributed by atoms with Gasteiger partial charge in [-0.15, -0.1) is 11.3 Å². The van der Waals surface area contributed by atoms with Crippen molar-refractivity contribution in [3.05, 3.63) is 222 Å². The van der Waals surface area contributed by atoms with Crippen LogP contribution in [0.25, 0.3) is 88.2 Å². The molecule has 3 aromatic heterocycles. The lowest BCUT2D eigenvalue weighted by Gasteiger charge is -2.40. The lowest BCUT2D eigenvalue weighted by molar-refractivity contribution is 0.436. The molecule has 13 rings (SSSR count). The van der Waals surface area contributed by atoms with Gasteiger partial charge in [0.2, 0.25) is 0 Å². The summed E-state index contributed by atoms with van der Waals surface area (Å²) >= 11 is 1.74. The van der Waals surface area contributed by atoms with Gasteiger partial charge in [0, 0.05) is 49.0 Å². The highest BCUT2D eigenvalue weighted by molar-refractivity contribution is 7.26. The van der Waals surface area contributed by atoms with E-state index in [1.54, 1.807) is 11.3 Å². The largest absolute Gasteiger partial charge is 0.457 e. The fourth-order valence-corrected chi connectivity index (χ4v) is 10.9. The van der Waals surface area contributed by atoms with Crippen LogP contribution in [-0.4, -0.2) is 24.9 Å². The molecule has 0 atom stereocenters. The van der Waals surface area contributed by atoms with Crippen molar-refractivity contribution < 1.29 is 4.74 Å². The summed E-state index contributed by atoms with van der Waals surface area (Å²) in [5, 5.41) is 1.13. The van der Waals surface area contributed by atoms with Crippen molar-refractivity contribution in [2.24, 2.45) is 0 Å². The lowest BCUT2D eigenvalue weighted by atomic mass is 9.65. The van der Waals surface area contributed by atoms with Gasteiger partial charge in [0.25, 0.3) is 0 Å². The average molecular weight is 824 g/mol. The molecule has 11 aromatic rings. The maximum absolute atomic E-state index is 6.76. The molecule has 0 radical (unpaired) electrons. The molecule has 1 spiro atoms. The minimum absolute atomic E-state index is 0.601. The molecule has 0 fully saturated rings. The molecular formula is C56H33N5OS. The molecular weight excluding hydrogens is 791 g/mol. The molecule has 1 aliphatic carbocycles. The molecule has 0 bridgehead atoms. The fraction of sp³-hybridized carbons (Fsp3) is 0.0179. The summed E-state index contributed by atoms with van der Waals surface area (Å²) in [4.78, 5) is 26.3. The van der Waals surface area contributed by atoms with Crippen molar-refractivity contribution >= 4 is 31.6 Å². The number of hydrogen-bond acceptors (Lipinski definition) is 7. The lowest BCUT2D eigenvalue weighted by Crippen LogP contribution is -2.32. The van der Waals surface area contributed by atoms with Gasteiger partial charge in [0.1, 0.15) is 11.5 Å². The monoisotopic (exact) mass is 823 g/mol. The van der Waals surface area contributed by atoms with Gasteiger partial charge in [-0.1, -0.05) is 176 Å². The van der Waals surface area contributed by atoms with Gasteiger partial charge in [-0.2, -0.15) is 0 Å². The third kappa shape index (κ3) is 5.40. The van der Waals surface area contributed by atoms with Crippen LogP contribution in [0.1, 0.15) is 22.3 Å². The van der Waals surface area contributed by atoms with E-state index < -0.39 is 5.41 Å². The molecule has 0 unspecified atom stereocenters. The van der Waals surface area contributed by atoms with Gasteiger partial charge >= 0.3 is 0 Å². The highest BCUT2D eigenvalue weighted by atomic mass is 32.1. The second-order valence-corrected chi connectivity index (χ2v) is 17.0. The van der Waals surface area contributed by atoms with Crippen LogP contribution in [0, 0.1) is 0 Å². The Morgan fingerprint density at radius 3 is 1.57 bits per heavy atom. The van der Waals surface area contributed by atoms with Crippen LogP contribution in [0.5, 0.6) is 11.5 Å². The average Bonchev–Trinajstić information content (AvgIpc) is 3.88. The molecule has 0 saturated heterocycles. The number of nitrogens with zero attached hydrogens (tertiary/aromatic N) is 5. The van der Waals surface area contributed by atoms with E-state index in [9.17, 15) is 0 Å². The second kappa shape index (κ2) is 14.0. The van der Waals surface area contributed by atoms with Crippen molar-refractivity contribution in [2.75, 3.05) is 0 Å². The summed E-state index contributed by atoms with van der Waals surface area (Å²) in [6.07, 6.45) is 0. The zero-order chi connectivity index (χ0) is 41.5. The second-order valence-electron chi connectivity index (χ2n) is 15.9. The summed E-state index contributed by atoms with van der Waals surface area (Å²) in [6.45, 7) is 0. The molecule has 2 aliphatic rings. The summed E-state index contributed by atoms with van der Waals surface area (Å²) in [5.74, 6) is 4.16. The van der Waals surface area contributed by atoms with Gasteiger partial charge in [-0.05, 0) is 46.5 Å². The van der Waals surface area contributed by atoms with Gasteiger partial charge in [0.05, 0.1) is 21.3 Å². The van der Waals surface area contributed by atoms with Gasteiger partial charge in [-0.3, -0.25) is 0 Å². The normalized spacial score (nSPS) is 13.0. The molecule has 0 amide bonds. The Hall–Kier alpha value is -8.13. The van der Waals surface area contributed by atoms with E-state index in [0.717, 1.165) is 94.0 Å². The molecule has 0 N–H and O–H groups in total. The Balaban J connectivity index is 1.12. The van der Waals surface area contributed by atoms with Gasteiger partial charge < -0.3 is 4.74 Å². The van der Waals surface area contributed by atoms with Crippen LogP contribution in [0.3, 0.4) is 0 Å². The molecule has 294 valence electrons. The number of rotatable bonds is 5. The van der Waals surface area contributed by atoms with E-state index in [-0.39, 0.29) is 0 Å². The van der Waals surface area contributed by atoms with E-state index in [1.807, 2.05) is 66.7 Å². The number of fused-ring (bicyclic) bond motifs is 12. The maximum atomic E-state index is 6.76. The van der Waals surface area contributed by atoms with E-state index in [1.165, 1.54) is 4.70 Å². The molecule has 6 nitrogen and oxygen atoms in total. The summed E-state index contributed by atoms with van der Waals surface area (Å²) in [7, 11) is 0. The molecule has 0 saturated carbocycles. The van der Waals surface area contributed by atoms with Crippen LogP contribution in [-0.2, 0) is 5.41 Å². The number of benzene rings is 8. The molecule has 63 heavy (non-hydrogen) atoms. The molecule has 8 aromatic carbocycles. The van der Waals surface area contributed by atoms with E-state index in [2.05, 4.69) is 133 Å². The van der Waals surface area contributed by atoms with Crippen LogP contribution in [0.2, 0.25) is 0 Å². The summed E-state index contributed by atoms with van der Waals surface area (Å²) < 4.78 is 9.00. The van der Waals surface area contributed by atoms with Crippen LogP contribution in [0.15, 0.2) is 200 Å². The SMILES string of the molecule is c1ccc(-c2nc(-c3ccccc3)nc(-c3cccc4c3C3(c5ccccc5Oc5ccccc53)c3ccc(-c5nc(-c6ccccc6)nc6c5sc5ccccc56)cc3-4)n2)cc1. The quantitative estimate of drug-likeness (QED) is 0.172. The highest BCUT2D eigenvalue weighted by Gasteiger charge is 2.52. The molecule has 7 heteroatoms. The Labute approximate surface area is 366 Å². The number of ether oxygens (including phenoxy) is 1. The highest BCUT2D eigenvalue weighted by Crippen LogP contribution is 2.64. The van der Waals surface area contributed by atoms with Crippen LogP contribution >= 0.6 is 11.3 Å². The first kappa shape index (κ1) is 35.6.